The van der Waals surface area contributed by atoms with Crippen LogP contribution in [0.2, 0.25) is 0 Å². The highest BCUT2D eigenvalue weighted by atomic mass is 16.4. The van der Waals surface area contributed by atoms with Crippen molar-refractivity contribution in [3.05, 3.63) is 35.4 Å². The number of carboxylic acid groups (broad SMARTS) is 1. The van der Waals surface area contributed by atoms with Gasteiger partial charge in [0.2, 0.25) is 0 Å². The number of carbonyl (C=O) groups is 2. The Kier molecular flexibility index (Phi) is 4.58. The van der Waals surface area contributed by atoms with Gasteiger partial charge in [-0.15, -0.1) is 0 Å². The fraction of sp³-hybridized carbons (Fsp3) is 0.500. The Labute approximate surface area is 120 Å². The van der Waals surface area contributed by atoms with Crippen LogP contribution in [0.25, 0.3) is 0 Å². The number of carbonyl (C=O) groups excluding carboxylic acids is 1. The maximum Gasteiger partial charge on any atom is 0.329 e. The van der Waals surface area contributed by atoms with Crippen molar-refractivity contribution in [2.45, 2.75) is 52.0 Å². The van der Waals surface area contributed by atoms with Crippen molar-refractivity contribution in [1.29, 1.82) is 0 Å². The minimum atomic E-state index is -1.25. The SMILES string of the molecule is CCC(C)(NC(=O)c1ccccc1C(C)(C)C)C(=O)O. The minimum absolute atomic E-state index is 0.181. The van der Waals surface area contributed by atoms with Crippen LogP contribution in [-0.2, 0) is 10.2 Å². The van der Waals surface area contributed by atoms with E-state index < -0.39 is 11.5 Å². The van der Waals surface area contributed by atoms with E-state index in [0.29, 0.717) is 12.0 Å². The van der Waals surface area contributed by atoms with Crippen LogP contribution >= 0.6 is 0 Å². The van der Waals surface area contributed by atoms with Gasteiger partial charge in [-0.2, -0.15) is 0 Å². The third-order valence-electron chi connectivity index (χ3n) is 3.55. The summed E-state index contributed by atoms with van der Waals surface area (Å²) >= 11 is 0. The van der Waals surface area contributed by atoms with Crippen molar-refractivity contribution >= 4 is 11.9 Å². The fourth-order valence-electron chi connectivity index (χ4n) is 1.95. The molecule has 2 N–H and O–H groups in total. The predicted molar refractivity (Wildman–Crippen MR) is 78.9 cm³/mol. The lowest BCUT2D eigenvalue weighted by Crippen LogP contribution is -2.52. The van der Waals surface area contributed by atoms with Crippen molar-refractivity contribution in [3.63, 3.8) is 0 Å². The van der Waals surface area contributed by atoms with Crippen LogP contribution < -0.4 is 5.32 Å². The van der Waals surface area contributed by atoms with Gasteiger partial charge in [-0.3, -0.25) is 4.79 Å². The standard InChI is InChI=1S/C16H23NO3/c1-6-16(5,14(19)20)17-13(18)11-9-7-8-10-12(11)15(2,3)4/h7-10H,6H2,1-5H3,(H,17,18)(H,19,20). The number of hydrogen-bond donors (Lipinski definition) is 2. The molecule has 0 bridgehead atoms. The molecule has 0 aliphatic rings. The smallest absolute Gasteiger partial charge is 0.329 e. The van der Waals surface area contributed by atoms with E-state index >= 15 is 0 Å². The maximum absolute atomic E-state index is 12.4. The summed E-state index contributed by atoms with van der Waals surface area (Å²) in [6.45, 7) is 9.33. The van der Waals surface area contributed by atoms with Crippen LogP contribution in [0.5, 0.6) is 0 Å². The van der Waals surface area contributed by atoms with Gasteiger partial charge in [0.1, 0.15) is 5.54 Å². The maximum atomic E-state index is 12.4. The van der Waals surface area contributed by atoms with E-state index in [1.54, 1.807) is 19.1 Å². The first-order valence-electron chi connectivity index (χ1n) is 6.77. The van der Waals surface area contributed by atoms with E-state index in [2.05, 4.69) is 5.32 Å². The molecule has 1 atom stereocenters. The Morgan fingerprint density at radius 3 is 2.15 bits per heavy atom. The van der Waals surface area contributed by atoms with Crippen molar-refractivity contribution in [2.75, 3.05) is 0 Å². The first-order chi connectivity index (χ1) is 9.12. The summed E-state index contributed by atoms with van der Waals surface area (Å²) in [7, 11) is 0. The molecule has 0 aromatic heterocycles. The van der Waals surface area contributed by atoms with Crippen LogP contribution in [0, 0.1) is 0 Å². The van der Waals surface area contributed by atoms with Gasteiger partial charge in [-0.05, 0) is 30.4 Å². The lowest BCUT2D eigenvalue weighted by Gasteiger charge is -2.27. The number of nitrogens with one attached hydrogen (secondary N) is 1. The quantitative estimate of drug-likeness (QED) is 0.889. The van der Waals surface area contributed by atoms with Crippen LogP contribution in [-0.4, -0.2) is 22.5 Å². The zero-order chi connectivity index (χ0) is 15.6. The van der Waals surface area contributed by atoms with Gasteiger partial charge >= 0.3 is 5.97 Å². The lowest BCUT2D eigenvalue weighted by molar-refractivity contribution is -0.143. The highest BCUT2D eigenvalue weighted by Crippen LogP contribution is 2.26. The average Bonchev–Trinajstić information content (AvgIpc) is 2.37. The number of carboxylic acids is 1. The van der Waals surface area contributed by atoms with E-state index in [9.17, 15) is 14.7 Å². The van der Waals surface area contributed by atoms with Crippen molar-refractivity contribution in [2.24, 2.45) is 0 Å². The number of hydrogen-bond acceptors (Lipinski definition) is 2. The van der Waals surface area contributed by atoms with E-state index in [-0.39, 0.29) is 11.3 Å². The van der Waals surface area contributed by atoms with Crippen molar-refractivity contribution < 1.29 is 14.7 Å². The molecule has 1 aromatic carbocycles. The molecule has 1 amide bonds. The summed E-state index contributed by atoms with van der Waals surface area (Å²) in [5, 5.41) is 11.9. The van der Waals surface area contributed by atoms with Gasteiger partial charge in [0.05, 0.1) is 0 Å². The fourth-order valence-corrected chi connectivity index (χ4v) is 1.95. The van der Waals surface area contributed by atoms with Crippen LogP contribution in [0.4, 0.5) is 0 Å². The second kappa shape index (κ2) is 5.65. The Balaban J connectivity index is 3.14. The summed E-state index contributed by atoms with van der Waals surface area (Å²) in [6.07, 6.45) is 0.325. The molecule has 0 spiro atoms. The van der Waals surface area contributed by atoms with E-state index in [4.69, 9.17) is 0 Å². The van der Waals surface area contributed by atoms with Gasteiger partial charge in [0.25, 0.3) is 5.91 Å². The summed E-state index contributed by atoms with van der Waals surface area (Å²) in [5.74, 6) is -1.37. The Hall–Kier alpha value is -1.84. The molecule has 110 valence electrons. The van der Waals surface area contributed by atoms with E-state index in [0.717, 1.165) is 5.56 Å². The molecule has 4 nitrogen and oxygen atoms in total. The molecule has 0 saturated heterocycles. The molecule has 0 saturated carbocycles. The molecule has 0 aliphatic heterocycles. The summed E-state index contributed by atoms with van der Waals surface area (Å²) < 4.78 is 0. The van der Waals surface area contributed by atoms with Gasteiger partial charge in [0, 0.05) is 5.56 Å². The monoisotopic (exact) mass is 277 g/mol. The Morgan fingerprint density at radius 1 is 1.15 bits per heavy atom. The molecular formula is C16H23NO3. The largest absolute Gasteiger partial charge is 0.480 e. The van der Waals surface area contributed by atoms with Gasteiger partial charge in [-0.1, -0.05) is 45.9 Å². The molecule has 1 unspecified atom stereocenters. The molecular weight excluding hydrogens is 254 g/mol. The zero-order valence-electron chi connectivity index (χ0n) is 12.8. The topological polar surface area (TPSA) is 66.4 Å². The molecule has 1 aromatic rings. The summed E-state index contributed by atoms with van der Waals surface area (Å²) in [4.78, 5) is 23.7. The number of rotatable bonds is 4. The highest BCUT2D eigenvalue weighted by molar-refractivity contribution is 5.99. The molecule has 1 rings (SSSR count). The Morgan fingerprint density at radius 2 is 1.70 bits per heavy atom. The normalized spacial score (nSPS) is 14.4. The second-order valence-corrected chi connectivity index (χ2v) is 6.24. The third-order valence-corrected chi connectivity index (χ3v) is 3.55. The van der Waals surface area contributed by atoms with Gasteiger partial charge in [-0.25, -0.2) is 4.79 Å². The van der Waals surface area contributed by atoms with Crippen molar-refractivity contribution in [3.8, 4) is 0 Å². The molecule has 0 radical (unpaired) electrons. The van der Waals surface area contributed by atoms with Crippen LogP contribution in [0.3, 0.4) is 0 Å². The first-order valence-corrected chi connectivity index (χ1v) is 6.77. The molecule has 0 aliphatic carbocycles. The number of aliphatic carboxylic acids is 1. The van der Waals surface area contributed by atoms with Crippen LogP contribution in [0.15, 0.2) is 24.3 Å². The predicted octanol–water partition coefficient (Wildman–Crippen LogP) is 2.97. The van der Waals surface area contributed by atoms with Crippen LogP contribution in [0.1, 0.15) is 57.0 Å². The van der Waals surface area contributed by atoms with Crippen molar-refractivity contribution in [1.82, 2.24) is 5.32 Å². The summed E-state index contributed by atoms with van der Waals surface area (Å²) in [5.41, 5.74) is 0.00394. The molecule has 0 fully saturated rings. The number of amides is 1. The lowest BCUT2D eigenvalue weighted by atomic mass is 9.83. The average molecular weight is 277 g/mol. The van der Waals surface area contributed by atoms with Gasteiger partial charge in [0.15, 0.2) is 0 Å². The third kappa shape index (κ3) is 3.38. The number of benzene rings is 1. The minimum Gasteiger partial charge on any atom is -0.480 e. The van der Waals surface area contributed by atoms with Gasteiger partial charge < -0.3 is 10.4 Å². The van der Waals surface area contributed by atoms with E-state index in [1.165, 1.54) is 6.92 Å². The molecule has 0 heterocycles. The zero-order valence-corrected chi connectivity index (χ0v) is 12.8. The van der Waals surface area contributed by atoms with E-state index in [1.807, 2.05) is 32.9 Å². The Bertz CT molecular complexity index is 517. The molecule has 20 heavy (non-hydrogen) atoms. The molecule has 4 heteroatoms. The summed E-state index contributed by atoms with van der Waals surface area (Å²) in [6, 6.07) is 7.30. The first kappa shape index (κ1) is 16.2. The highest BCUT2D eigenvalue weighted by Gasteiger charge is 2.34. The second-order valence-electron chi connectivity index (χ2n) is 6.24.